The second kappa shape index (κ2) is 8.16. The van der Waals surface area contributed by atoms with Gasteiger partial charge < -0.3 is 15.5 Å². The first-order valence-electron chi connectivity index (χ1n) is 7.53. The molecule has 1 fully saturated rings. The molecule has 1 aliphatic rings. The van der Waals surface area contributed by atoms with Crippen molar-refractivity contribution in [2.45, 2.75) is 44.3 Å². The summed E-state index contributed by atoms with van der Waals surface area (Å²) in [4.78, 5) is 11.9. The Morgan fingerprint density at radius 3 is 2.59 bits per heavy atom. The smallest absolute Gasteiger partial charge is 0.222 e. The largest absolute Gasteiger partial charge is 0.393 e. The van der Waals surface area contributed by atoms with Gasteiger partial charge in [0.25, 0.3) is 0 Å². The van der Waals surface area contributed by atoms with Crippen LogP contribution in [0.15, 0.2) is 18.2 Å². The molecular formula is C16H21Cl2NO3. The van der Waals surface area contributed by atoms with E-state index in [4.69, 9.17) is 23.2 Å². The topological polar surface area (TPSA) is 69.6 Å². The third kappa shape index (κ3) is 5.43. The van der Waals surface area contributed by atoms with E-state index in [-0.39, 0.29) is 18.4 Å². The van der Waals surface area contributed by atoms with E-state index in [1.165, 1.54) is 0 Å². The monoisotopic (exact) mass is 345 g/mol. The quantitative estimate of drug-likeness (QED) is 0.767. The molecule has 1 amide bonds. The molecule has 6 heteroatoms. The molecule has 1 aromatic carbocycles. The Balaban J connectivity index is 1.81. The minimum atomic E-state index is -0.937. The fraction of sp³-hybridized carbons (Fsp3) is 0.562. The fourth-order valence-corrected chi connectivity index (χ4v) is 3.38. The average molecular weight is 346 g/mol. The molecule has 1 saturated carbocycles. The van der Waals surface area contributed by atoms with E-state index in [0.717, 1.165) is 25.7 Å². The van der Waals surface area contributed by atoms with Crippen LogP contribution in [0.1, 0.15) is 43.8 Å². The van der Waals surface area contributed by atoms with Crippen molar-refractivity contribution in [1.29, 1.82) is 0 Å². The van der Waals surface area contributed by atoms with E-state index in [2.05, 4.69) is 5.32 Å². The molecule has 0 spiro atoms. The molecule has 0 saturated heterocycles. The van der Waals surface area contributed by atoms with Crippen LogP contribution < -0.4 is 5.32 Å². The molecule has 2 rings (SSSR count). The molecule has 3 atom stereocenters. The maximum atomic E-state index is 11.9. The Bertz CT molecular complexity index is 504. The summed E-state index contributed by atoms with van der Waals surface area (Å²) >= 11 is 11.8. The summed E-state index contributed by atoms with van der Waals surface area (Å²) in [6.45, 7) is 0.541. The van der Waals surface area contributed by atoms with Gasteiger partial charge in [0, 0.05) is 16.6 Å². The van der Waals surface area contributed by atoms with Gasteiger partial charge in [0.1, 0.15) is 0 Å². The van der Waals surface area contributed by atoms with E-state index in [1.54, 1.807) is 18.2 Å². The van der Waals surface area contributed by atoms with E-state index in [0.29, 0.717) is 28.1 Å². The minimum absolute atomic E-state index is 0.0358. The zero-order valence-corrected chi connectivity index (χ0v) is 13.8. The Labute approximate surface area is 140 Å². The van der Waals surface area contributed by atoms with Crippen LogP contribution in [0, 0.1) is 5.92 Å². The number of carbonyl (C=O) groups is 1. The van der Waals surface area contributed by atoms with Crippen molar-refractivity contribution >= 4 is 29.1 Å². The Hall–Kier alpha value is -0.810. The van der Waals surface area contributed by atoms with Gasteiger partial charge in [-0.15, -0.1) is 0 Å². The van der Waals surface area contributed by atoms with Gasteiger partial charge in [0.2, 0.25) is 5.91 Å². The summed E-state index contributed by atoms with van der Waals surface area (Å²) < 4.78 is 0. The average Bonchev–Trinajstić information content (AvgIpc) is 2.44. The van der Waals surface area contributed by atoms with Gasteiger partial charge in [-0.2, -0.15) is 0 Å². The SMILES string of the molecule is O=C(CC(O)c1cc(Cl)cc(Cl)c1)NCC1CCCC(O)C1. The van der Waals surface area contributed by atoms with Crippen LogP contribution >= 0.6 is 23.2 Å². The number of nitrogens with one attached hydrogen (secondary N) is 1. The number of halogens is 2. The lowest BCUT2D eigenvalue weighted by molar-refractivity contribution is -0.123. The molecule has 3 unspecified atom stereocenters. The lowest BCUT2D eigenvalue weighted by Crippen LogP contribution is -2.33. The molecule has 0 radical (unpaired) electrons. The van der Waals surface area contributed by atoms with Gasteiger partial charge in [0.05, 0.1) is 18.6 Å². The third-order valence-corrected chi connectivity index (χ3v) is 4.43. The molecular weight excluding hydrogens is 325 g/mol. The number of aliphatic hydroxyl groups excluding tert-OH is 2. The van der Waals surface area contributed by atoms with Gasteiger partial charge in [-0.3, -0.25) is 4.79 Å². The van der Waals surface area contributed by atoms with E-state index >= 15 is 0 Å². The second-order valence-corrected chi connectivity index (χ2v) is 6.79. The number of benzene rings is 1. The predicted octanol–water partition coefficient (Wildman–Crippen LogP) is 3.08. The fourth-order valence-electron chi connectivity index (χ4n) is 2.84. The Morgan fingerprint density at radius 1 is 1.27 bits per heavy atom. The lowest BCUT2D eigenvalue weighted by Gasteiger charge is -2.26. The maximum absolute atomic E-state index is 11.9. The van der Waals surface area contributed by atoms with E-state index in [9.17, 15) is 15.0 Å². The van der Waals surface area contributed by atoms with Crippen LogP contribution in [0.2, 0.25) is 10.0 Å². The summed E-state index contributed by atoms with van der Waals surface area (Å²) in [7, 11) is 0. The van der Waals surface area contributed by atoms with Crippen molar-refractivity contribution < 1.29 is 15.0 Å². The summed E-state index contributed by atoms with van der Waals surface area (Å²) in [6, 6.07) is 4.78. The van der Waals surface area contributed by atoms with Crippen molar-refractivity contribution in [3.63, 3.8) is 0 Å². The Morgan fingerprint density at radius 2 is 1.95 bits per heavy atom. The number of amides is 1. The summed E-state index contributed by atoms with van der Waals surface area (Å²) in [5, 5.41) is 23.4. The van der Waals surface area contributed by atoms with Crippen LogP contribution in [0.5, 0.6) is 0 Å². The van der Waals surface area contributed by atoms with Crippen molar-refractivity contribution in [3.8, 4) is 0 Å². The lowest BCUT2D eigenvalue weighted by atomic mass is 9.87. The number of hydrogen-bond acceptors (Lipinski definition) is 3. The molecule has 4 nitrogen and oxygen atoms in total. The zero-order chi connectivity index (χ0) is 16.1. The van der Waals surface area contributed by atoms with Gasteiger partial charge in [-0.1, -0.05) is 29.6 Å². The van der Waals surface area contributed by atoms with Crippen LogP contribution in [-0.4, -0.2) is 28.8 Å². The molecule has 1 aliphatic carbocycles. The van der Waals surface area contributed by atoms with Gasteiger partial charge in [-0.25, -0.2) is 0 Å². The third-order valence-electron chi connectivity index (χ3n) is 3.99. The van der Waals surface area contributed by atoms with Crippen molar-refractivity contribution in [1.82, 2.24) is 5.32 Å². The normalized spacial score (nSPS) is 23.1. The summed E-state index contributed by atoms with van der Waals surface area (Å²) in [5.41, 5.74) is 0.528. The molecule has 0 aromatic heterocycles. The molecule has 1 aromatic rings. The number of aliphatic hydroxyl groups is 2. The highest BCUT2D eigenvalue weighted by molar-refractivity contribution is 6.34. The van der Waals surface area contributed by atoms with Gasteiger partial charge in [-0.05, 0) is 48.9 Å². The van der Waals surface area contributed by atoms with E-state index in [1.807, 2.05) is 0 Å². The van der Waals surface area contributed by atoms with Crippen LogP contribution in [0.4, 0.5) is 0 Å². The van der Waals surface area contributed by atoms with Crippen molar-refractivity contribution in [2.24, 2.45) is 5.92 Å². The van der Waals surface area contributed by atoms with Crippen molar-refractivity contribution in [2.75, 3.05) is 6.54 Å². The first kappa shape index (κ1) is 17.5. The molecule has 0 heterocycles. The van der Waals surface area contributed by atoms with Gasteiger partial charge in [0.15, 0.2) is 0 Å². The Kier molecular flexibility index (Phi) is 6.50. The van der Waals surface area contributed by atoms with Gasteiger partial charge >= 0.3 is 0 Å². The highest BCUT2D eigenvalue weighted by Gasteiger charge is 2.21. The number of carbonyl (C=O) groups excluding carboxylic acids is 1. The predicted molar refractivity (Wildman–Crippen MR) is 87.0 cm³/mol. The standard InChI is InChI=1S/C16H21Cl2NO3/c17-12-5-11(6-13(18)7-12)15(21)8-16(22)19-9-10-2-1-3-14(20)4-10/h5-7,10,14-15,20-21H,1-4,8-9H2,(H,19,22). The van der Waals surface area contributed by atoms with Crippen LogP contribution in [0.25, 0.3) is 0 Å². The molecule has 0 aliphatic heterocycles. The first-order valence-corrected chi connectivity index (χ1v) is 8.28. The van der Waals surface area contributed by atoms with Crippen molar-refractivity contribution in [3.05, 3.63) is 33.8 Å². The minimum Gasteiger partial charge on any atom is -0.393 e. The summed E-state index contributed by atoms with van der Waals surface area (Å²) in [5.74, 6) is 0.0918. The maximum Gasteiger partial charge on any atom is 0.222 e. The second-order valence-electron chi connectivity index (χ2n) is 5.91. The number of hydrogen-bond donors (Lipinski definition) is 3. The molecule has 0 bridgehead atoms. The molecule has 122 valence electrons. The molecule has 3 N–H and O–H groups in total. The highest BCUT2D eigenvalue weighted by atomic mass is 35.5. The highest BCUT2D eigenvalue weighted by Crippen LogP contribution is 2.26. The molecule has 22 heavy (non-hydrogen) atoms. The first-order chi connectivity index (χ1) is 10.4. The van der Waals surface area contributed by atoms with E-state index < -0.39 is 6.10 Å². The van der Waals surface area contributed by atoms with Crippen LogP contribution in [-0.2, 0) is 4.79 Å². The zero-order valence-electron chi connectivity index (χ0n) is 12.3. The number of rotatable bonds is 5. The summed E-state index contributed by atoms with van der Waals surface area (Å²) in [6.07, 6.45) is 2.36. The van der Waals surface area contributed by atoms with Crippen LogP contribution in [0.3, 0.4) is 0 Å².